The SMILES string of the molecule is CC(C)CCOc1c(Cl)c(Cl)c(OCCC(C)C)c2c1-c1cc-2nc2[nH]c(nc3nc(nc4[nH]c(n1)c1c(OCCC(C)C)c(Cl)c(Cl)c(OCCC(C)C)c41)-c1c(OCCC(C)C)c(Cl)c(Cl)c(OCCC(C)C)c1-3)c1c(OCCC(C)C)c(Cl)c(Cl)c(OCCC(C)C)c21. The number of fused-ring (bicyclic) bond motifs is 20. The number of halogens is 8. The van der Waals surface area contributed by atoms with Gasteiger partial charge in [0.15, 0.2) is 46.1 Å². The van der Waals surface area contributed by atoms with Gasteiger partial charge in [-0.15, -0.1) is 0 Å². The van der Waals surface area contributed by atoms with Crippen molar-refractivity contribution in [1.82, 2.24) is 34.9 Å². The first-order valence-electron chi connectivity index (χ1n) is 33.8. The minimum absolute atomic E-state index is 0.0856. The van der Waals surface area contributed by atoms with Gasteiger partial charge in [0, 0.05) is 0 Å². The van der Waals surface area contributed by atoms with Gasteiger partial charge in [-0.1, -0.05) is 204 Å². The number of hydrogen-bond acceptors (Lipinski definition) is 13. The fraction of sp³-hybridized carbons (Fsp3) is 0.548. The first kappa shape index (κ1) is 75.2. The summed E-state index contributed by atoms with van der Waals surface area (Å²) in [7, 11) is 0. The summed E-state index contributed by atoms with van der Waals surface area (Å²) in [5.74, 6) is 4.12. The summed E-state index contributed by atoms with van der Waals surface area (Å²) in [6.07, 6.45) is 5.38. The largest absolute Gasteiger partial charge is 0.491 e. The molecular weight excluding hydrogens is 1390 g/mol. The van der Waals surface area contributed by atoms with Gasteiger partial charge < -0.3 is 47.9 Å². The highest BCUT2D eigenvalue weighted by Gasteiger charge is 2.37. The van der Waals surface area contributed by atoms with Crippen LogP contribution in [0.2, 0.25) is 40.2 Å². The molecule has 9 rings (SSSR count). The topological polar surface area (TPSA) is 170 Å². The van der Waals surface area contributed by atoms with E-state index in [1.165, 1.54) is 0 Å². The molecule has 0 saturated carbocycles. The average Bonchev–Trinajstić information content (AvgIpc) is 1.56. The van der Waals surface area contributed by atoms with Gasteiger partial charge in [-0.3, -0.25) is 0 Å². The van der Waals surface area contributed by atoms with Crippen molar-refractivity contribution < 1.29 is 37.9 Å². The Balaban J connectivity index is 1.61. The second kappa shape index (κ2) is 33.0. The van der Waals surface area contributed by atoms with Crippen molar-refractivity contribution >= 4 is 137 Å². The molecule has 1 aliphatic heterocycles. The summed E-state index contributed by atoms with van der Waals surface area (Å²) in [6, 6.07) is 1.83. The number of nitrogens with one attached hydrogen (secondary N) is 2. The second-order valence-electron chi connectivity index (χ2n) is 28.2. The number of rotatable bonds is 32. The van der Waals surface area contributed by atoms with Crippen LogP contribution in [0.5, 0.6) is 46.0 Å². The van der Waals surface area contributed by atoms with E-state index in [1.54, 1.807) is 0 Å². The summed E-state index contributed by atoms with van der Waals surface area (Å²) in [4.78, 5) is 35.1. The zero-order valence-corrected chi connectivity index (χ0v) is 64.1. The molecular formula is C73H91Cl8N7O8. The Morgan fingerprint density at radius 1 is 0.260 bits per heavy atom. The van der Waals surface area contributed by atoms with Crippen molar-refractivity contribution in [2.45, 2.75) is 162 Å². The van der Waals surface area contributed by atoms with Crippen LogP contribution in [-0.2, 0) is 0 Å². The molecule has 0 fully saturated rings. The molecule has 0 unspecified atom stereocenters. The molecule has 3 aromatic heterocycles. The van der Waals surface area contributed by atoms with Gasteiger partial charge in [0.05, 0.1) is 108 Å². The van der Waals surface area contributed by atoms with Gasteiger partial charge in [0.25, 0.3) is 0 Å². The summed E-state index contributed by atoms with van der Waals surface area (Å²) < 4.78 is 54.7. The molecule has 0 saturated heterocycles. The predicted octanol–water partition coefficient (Wildman–Crippen LogP) is 24.1. The van der Waals surface area contributed by atoms with Crippen LogP contribution in [0.15, 0.2) is 6.07 Å². The first-order valence-corrected chi connectivity index (χ1v) is 36.8. The minimum Gasteiger partial charge on any atom is -0.491 e. The Labute approximate surface area is 605 Å². The van der Waals surface area contributed by atoms with E-state index in [2.05, 4.69) is 121 Å². The number of benzene rings is 4. The lowest BCUT2D eigenvalue weighted by Gasteiger charge is -2.20. The van der Waals surface area contributed by atoms with Gasteiger partial charge in [-0.25, -0.2) is 24.9 Å². The number of aromatic amines is 2. The third-order valence-electron chi connectivity index (χ3n) is 16.5. The number of hydrogen-bond donors (Lipinski definition) is 2. The van der Waals surface area contributed by atoms with Crippen molar-refractivity contribution in [3.63, 3.8) is 0 Å². The monoisotopic (exact) mass is 1470 g/mol. The molecule has 522 valence electrons. The van der Waals surface area contributed by atoms with Crippen molar-refractivity contribution in [3.8, 4) is 91.3 Å². The first-order chi connectivity index (χ1) is 45.6. The molecule has 2 N–H and O–H groups in total. The number of nitrogens with zero attached hydrogens (tertiary/aromatic N) is 5. The molecule has 96 heavy (non-hydrogen) atoms. The standard InChI is InChI=1S/C73H91Cl8N7O8/c1-34(2)17-25-89-60-44-42-33-43(45(44)61(53(75)52(60)74)90-26-18-35(3)4)83-69-47-49(65(94-30-22-39(11)12)57(79)55(77)63(47)92-28-20-37(7)8)71(85-69)87-73-51-50(66(95-31-23-40(13)14)58(80)59(81)67(51)96-32-24-41(15)16)72(88-73)86-70-48-46(68(82-42)84-70)62(91-27-19-36(5)6)54(76)56(78)64(48)93-29-21-38(9)10/h33-41H,17-32H2,1-16H3,(H2,82,83,84,85,86,87,88). The lowest BCUT2D eigenvalue weighted by atomic mass is 10.0. The van der Waals surface area contributed by atoms with Crippen molar-refractivity contribution in [2.75, 3.05) is 52.9 Å². The molecule has 2 aliphatic rings. The zero-order valence-electron chi connectivity index (χ0n) is 58.0. The Morgan fingerprint density at radius 3 is 0.667 bits per heavy atom. The van der Waals surface area contributed by atoms with Gasteiger partial charge in [0.2, 0.25) is 0 Å². The molecule has 0 amide bonds. The lowest BCUT2D eigenvalue weighted by Crippen LogP contribution is -2.06. The van der Waals surface area contributed by atoms with Gasteiger partial charge in [-0.2, -0.15) is 0 Å². The summed E-state index contributed by atoms with van der Waals surface area (Å²) in [5, 5.41) is 2.37. The predicted molar refractivity (Wildman–Crippen MR) is 398 cm³/mol. The zero-order chi connectivity index (χ0) is 69.7. The number of aromatic nitrogens is 7. The van der Waals surface area contributed by atoms with Crippen LogP contribution in [0.1, 0.15) is 162 Å². The molecule has 8 bridgehead atoms. The molecule has 0 atom stereocenters. The maximum absolute atomic E-state index is 7.55. The quantitative estimate of drug-likeness (QED) is 0.0409. The van der Waals surface area contributed by atoms with Gasteiger partial charge in [0.1, 0.15) is 74.3 Å². The lowest BCUT2D eigenvalue weighted by molar-refractivity contribution is 0.284. The fourth-order valence-corrected chi connectivity index (χ4v) is 12.6. The molecule has 4 heterocycles. The number of H-pyrrole nitrogens is 2. The van der Waals surface area contributed by atoms with E-state index >= 15 is 0 Å². The highest BCUT2D eigenvalue weighted by molar-refractivity contribution is 6.48. The highest BCUT2D eigenvalue weighted by atomic mass is 35.5. The average molecular weight is 1480 g/mol. The molecule has 23 heteroatoms. The van der Waals surface area contributed by atoms with Crippen molar-refractivity contribution in [1.29, 1.82) is 0 Å². The minimum atomic E-state index is 0.0856. The smallest absolute Gasteiger partial charge is 0.168 e. The third kappa shape index (κ3) is 16.7. The molecule has 0 spiro atoms. The van der Waals surface area contributed by atoms with Crippen LogP contribution in [0.4, 0.5) is 0 Å². The van der Waals surface area contributed by atoms with Crippen LogP contribution in [-0.4, -0.2) is 87.7 Å². The summed E-state index contributed by atoms with van der Waals surface area (Å²) in [6.45, 7) is 36.0. The molecule has 1 aliphatic carbocycles. The normalized spacial score (nSPS) is 12.3. The maximum Gasteiger partial charge on any atom is 0.168 e. The van der Waals surface area contributed by atoms with E-state index in [1.807, 2.05) is 6.07 Å². The highest BCUT2D eigenvalue weighted by Crippen LogP contribution is 2.59. The third-order valence-corrected chi connectivity index (χ3v) is 19.8. The van der Waals surface area contributed by atoms with Gasteiger partial charge in [-0.05, 0) is 105 Å². The Kier molecular flexibility index (Phi) is 25.9. The van der Waals surface area contributed by atoms with Crippen molar-refractivity contribution in [3.05, 3.63) is 46.2 Å². The molecule has 7 aromatic rings. The van der Waals surface area contributed by atoms with E-state index in [0.717, 1.165) is 0 Å². The van der Waals surface area contributed by atoms with E-state index in [9.17, 15) is 0 Å². The molecule has 15 nitrogen and oxygen atoms in total. The number of ether oxygens (including phenoxy) is 8. The van der Waals surface area contributed by atoms with Crippen LogP contribution < -0.4 is 37.9 Å². The maximum atomic E-state index is 7.55. The molecule has 4 aromatic carbocycles. The summed E-state index contributed by atoms with van der Waals surface area (Å²) in [5.41, 5.74) is 3.07. The Bertz CT molecular complexity index is 3640. The van der Waals surface area contributed by atoms with E-state index < -0.39 is 0 Å². The van der Waals surface area contributed by atoms with Crippen LogP contribution >= 0.6 is 92.8 Å². The van der Waals surface area contributed by atoms with E-state index in [0.29, 0.717) is 107 Å². The van der Waals surface area contributed by atoms with Crippen LogP contribution in [0.25, 0.3) is 89.4 Å². The molecule has 0 radical (unpaired) electrons. The van der Waals surface area contributed by atoms with Crippen LogP contribution in [0.3, 0.4) is 0 Å². The van der Waals surface area contributed by atoms with Crippen LogP contribution in [0, 0.1) is 47.3 Å². The fourth-order valence-electron chi connectivity index (χ4n) is 10.7. The second-order valence-corrected chi connectivity index (χ2v) is 31.2. The Morgan fingerprint density at radius 2 is 0.448 bits per heavy atom. The Hall–Kier alpha value is -4.97. The van der Waals surface area contributed by atoms with E-state index in [4.69, 9.17) is 156 Å². The van der Waals surface area contributed by atoms with Crippen molar-refractivity contribution in [2.24, 2.45) is 47.3 Å². The van der Waals surface area contributed by atoms with E-state index in [-0.39, 0.29) is 221 Å². The summed E-state index contributed by atoms with van der Waals surface area (Å²) >= 11 is 60.3. The van der Waals surface area contributed by atoms with Gasteiger partial charge >= 0.3 is 0 Å².